The smallest absolute Gasteiger partial charge is 0.369 e. The van der Waals surface area contributed by atoms with Gasteiger partial charge in [-0.15, -0.1) is 0 Å². The molecule has 1 amide bonds. The fraction of sp³-hybridized carbons (Fsp3) is 0.522. The molecular weight excluding hydrogens is 471 g/mol. The summed E-state index contributed by atoms with van der Waals surface area (Å²) in [4.78, 5) is 22.5. The minimum absolute atomic E-state index is 0.0111. The number of carbonyl (C=O) groups is 1. The molecule has 2 fully saturated rings. The first-order chi connectivity index (χ1) is 16.6. The highest BCUT2D eigenvalue weighted by Crippen LogP contribution is 2.39. The lowest BCUT2D eigenvalue weighted by atomic mass is 9.97. The van der Waals surface area contributed by atoms with Gasteiger partial charge in [-0.05, 0) is 49.5 Å². The second-order valence-electron chi connectivity index (χ2n) is 9.05. The van der Waals surface area contributed by atoms with Crippen LogP contribution >= 0.6 is 0 Å². The summed E-state index contributed by atoms with van der Waals surface area (Å²) in [7, 11) is 0. The highest BCUT2D eigenvalue weighted by atomic mass is 19.4. The number of halogens is 5. The first kappa shape index (κ1) is 25.1. The lowest BCUT2D eigenvalue weighted by Crippen LogP contribution is -2.40. The Kier molecular flexibility index (Phi) is 7.39. The number of aromatic nitrogens is 2. The number of carbonyl (C=O) groups excluding carboxylic acids is 1. The number of hydrogen-bond acceptors (Lipinski definition) is 6. The molecule has 2 saturated heterocycles. The third-order valence-electron chi connectivity index (χ3n) is 6.56. The third kappa shape index (κ3) is 5.98. The normalized spacial score (nSPS) is 21.9. The Labute approximate surface area is 199 Å². The third-order valence-corrected chi connectivity index (χ3v) is 6.56. The highest BCUT2D eigenvalue weighted by molar-refractivity contribution is 5.75. The molecule has 4 rings (SSSR count). The number of piperidine rings is 1. The van der Waals surface area contributed by atoms with E-state index in [-0.39, 0.29) is 43.0 Å². The minimum atomic E-state index is -4.48. The molecule has 2 atom stereocenters. The summed E-state index contributed by atoms with van der Waals surface area (Å²) >= 11 is 0. The van der Waals surface area contributed by atoms with Crippen molar-refractivity contribution in [1.82, 2.24) is 14.9 Å². The molecule has 190 valence electrons. The van der Waals surface area contributed by atoms with Crippen LogP contribution in [0.4, 0.5) is 33.6 Å². The second kappa shape index (κ2) is 10.3. The Bertz CT molecular complexity index is 1030. The Balaban J connectivity index is 1.44. The van der Waals surface area contributed by atoms with Crippen molar-refractivity contribution >= 4 is 17.5 Å². The number of likely N-dealkylation sites (tertiary alicyclic amines) is 1. The van der Waals surface area contributed by atoms with Crippen molar-refractivity contribution < 1.29 is 26.7 Å². The van der Waals surface area contributed by atoms with E-state index in [1.807, 2.05) is 4.90 Å². The molecular formula is C23H27F5N6O. The second-order valence-corrected chi connectivity index (χ2v) is 9.05. The van der Waals surface area contributed by atoms with Gasteiger partial charge in [0.25, 0.3) is 0 Å². The summed E-state index contributed by atoms with van der Waals surface area (Å²) in [5.41, 5.74) is 4.88. The Morgan fingerprint density at radius 3 is 2.46 bits per heavy atom. The Morgan fingerprint density at radius 2 is 1.83 bits per heavy atom. The SMILES string of the molecule is NC(=O)CN1CCC(CNc2ncnc(N3CC(F)CC3c3ccc(C(F)(F)F)cc3)c2F)CC1. The molecule has 0 saturated carbocycles. The van der Waals surface area contributed by atoms with Crippen LogP contribution in [0.2, 0.25) is 0 Å². The quantitative estimate of drug-likeness (QED) is 0.568. The lowest BCUT2D eigenvalue weighted by Gasteiger charge is -2.31. The van der Waals surface area contributed by atoms with E-state index in [2.05, 4.69) is 15.3 Å². The molecule has 0 spiro atoms. The van der Waals surface area contributed by atoms with Gasteiger partial charge in [0.15, 0.2) is 11.6 Å². The highest BCUT2D eigenvalue weighted by Gasteiger charge is 2.37. The van der Waals surface area contributed by atoms with Crippen LogP contribution in [0.3, 0.4) is 0 Å². The predicted molar refractivity (Wildman–Crippen MR) is 120 cm³/mol. The van der Waals surface area contributed by atoms with E-state index in [1.54, 1.807) is 0 Å². The number of benzene rings is 1. The fourth-order valence-electron chi connectivity index (χ4n) is 4.72. The van der Waals surface area contributed by atoms with Gasteiger partial charge in [-0.25, -0.2) is 14.4 Å². The molecule has 2 unspecified atom stereocenters. The number of alkyl halides is 4. The van der Waals surface area contributed by atoms with Gasteiger partial charge in [-0.1, -0.05) is 12.1 Å². The minimum Gasteiger partial charge on any atom is -0.369 e. The number of anilines is 2. The largest absolute Gasteiger partial charge is 0.416 e. The van der Waals surface area contributed by atoms with Gasteiger partial charge in [0.1, 0.15) is 12.5 Å². The maximum atomic E-state index is 15.4. The summed E-state index contributed by atoms with van der Waals surface area (Å²) < 4.78 is 68.5. The molecule has 2 aromatic rings. The van der Waals surface area contributed by atoms with E-state index in [0.29, 0.717) is 25.2 Å². The molecule has 1 aromatic heterocycles. The van der Waals surface area contributed by atoms with Gasteiger partial charge in [-0.3, -0.25) is 9.69 Å². The van der Waals surface area contributed by atoms with Crippen molar-refractivity contribution in [2.75, 3.05) is 42.9 Å². The lowest BCUT2D eigenvalue weighted by molar-refractivity contribution is -0.137. The molecule has 35 heavy (non-hydrogen) atoms. The number of nitrogens with two attached hydrogens (primary N) is 1. The van der Waals surface area contributed by atoms with Crippen LogP contribution < -0.4 is 16.0 Å². The van der Waals surface area contributed by atoms with Crippen LogP contribution in [0.25, 0.3) is 0 Å². The molecule has 0 bridgehead atoms. The van der Waals surface area contributed by atoms with Crippen LogP contribution in [0.5, 0.6) is 0 Å². The summed E-state index contributed by atoms with van der Waals surface area (Å²) in [5, 5.41) is 3.01. The van der Waals surface area contributed by atoms with Gasteiger partial charge in [0.05, 0.1) is 24.7 Å². The van der Waals surface area contributed by atoms with Crippen LogP contribution in [0.1, 0.15) is 36.4 Å². The van der Waals surface area contributed by atoms with Crippen molar-refractivity contribution in [3.8, 4) is 0 Å². The maximum Gasteiger partial charge on any atom is 0.416 e. The summed E-state index contributed by atoms with van der Waals surface area (Å²) in [5.74, 6) is -0.959. The number of hydrogen-bond donors (Lipinski definition) is 2. The number of amides is 1. The molecule has 2 aliphatic rings. The molecule has 0 radical (unpaired) electrons. The molecule has 2 aliphatic heterocycles. The van der Waals surface area contributed by atoms with Crippen molar-refractivity contribution in [1.29, 1.82) is 0 Å². The van der Waals surface area contributed by atoms with Crippen molar-refractivity contribution in [3.05, 3.63) is 47.5 Å². The summed E-state index contributed by atoms with van der Waals surface area (Å²) in [6.07, 6.45) is -2.93. The van der Waals surface area contributed by atoms with Gasteiger partial charge in [0.2, 0.25) is 11.7 Å². The maximum absolute atomic E-state index is 15.4. The first-order valence-electron chi connectivity index (χ1n) is 11.4. The molecule has 0 aliphatic carbocycles. The number of rotatable bonds is 7. The van der Waals surface area contributed by atoms with Crippen LogP contribution in [-0.4, -0.2) is 59.7 Å². The summed E-state index contributed by atoms with van der Waals surface area (Å²) in [6, 6.07) is 3.82. The monoisotopic (exact) mass is 498 g/mol. The first-order valence-corrected chi connectivity index (χ1v) is 11.4. The van der Waals surface area contributed by atoms with E-state index in [4.69, 9.17) is 5.73 Å². The van der Waals surface area contributed by atoms with Crippen LogP contribution in [0, 0.1) is 11.7 Å². The van der Waals surface area contributed by atoms with Crippen molar-refractivity contribution in [2.45, 2.75) is 37.7 Å². The van der Waals surface area contributed by atoms with E-state index in [1.165, 1.54) is 23.4 Å². The zero-order valence-electron chi connectivity index (χ0n) is 18.9. The summed E-state index contributed by atoms with van der Waals surface area (Å²) in [6.45, 7) is 1.99. The molecule has 7 nitrogen and oxygen atoms in total. The van der Waals surface area contributed by atoms with E-state index in [0.717, 1.165) is 25.0 Å². The standard InChI is InChI=1S/C23H27F5N6O/c24-17-9-18(15-1-3-16(4-2-15)23(26,27)28)34(11-17)22-20(25)21(31-13-32-22)30-10-14-5-7-33(8-6-14)12-19(29)35/h1-4,13-14,17-18H,5-12H2,(H2,29,35)(H,30,31,32). The van der Waals surface area contributed by atoms with E-state index in [9.17, 15) is 22.4 Å². The van der Waals surface area contributed by atoms with Gasteiger partial charge < -0.3 is 16.0 Å². The zero-order valence-corrected chi connectivity index (χ0v) is 18.9. The average Bonchev–Trinajstić information content (AvgIpc) is 3.20. The van der Waals surface area contributed by atoms with Crippen LogP contribution in [-0.2, 0) is 11.0 Å². The number of nitrogens with zero attached hydrogens (tertiary/aromatic N) is 4. The van der Waals surface area contributed by atoms with E-state index < -0.39 is 29.8 Å². The van der Waals surface area contributed by atoms with Crippen LogP contribution in [0.15, 0.2) is 30.6 Å². The average molecular weight is 499 g/mol. The topological polar surface area (TPSA) is 87.4 Å². The van der Waals surface area contributed by atoms with Gasteiger partial charge in [-0.2, -0.15) is 17.6 Å². The molecule has 1 aromatic carbocycles. The predicted octanol–water partition coefficient (Wildman–Crippen LogP) is 3.53. The molecule has 3 heterocycles. The Morgan fingerprint density at radius 1 is 1.14 bits per heavy atom. The molecule has 3 N–H and O–H groups in total. The number of primary amides is 1. The number of nitrogens with one attached hydrogen (secondary N) is 1. The molecule has 12 heteroatoms. The van der Waals surface area contributed by atoms with Gasteiger partial charge >= 0.3 is 6.18 Å². The van der Waals surface area contributed by atoms with Crippen molar-refractivity contribution in [3.63, 3.8) is 0 Å². The van der Waals surface area contributed by atoms with Gasteiger partial charge in [0, 0.05) is 13.0 Å². The zero-order chi connectivity index (χ0) is 25.2. The van der Waals surface area contributed by atoms with E-state index >= 15 is 4.39 Å². The fourth-order valence-corrected chi connectivity index (χ4v) is 4.72. The Hall–Kier alpha value is -3.02. The van der Waals surface area contributed by atoms with Crippen molar-refractivity contribution in [2.24, 2.45) is 11.7 Å².